The maximum atomic E-state index is 12.5. The van der Waals surface area contributed by atoms with Crippen LogP contribution in [-0.2, 0) is 0 Å². The van der Waals surface area contributed by atoms with Gasteiger partial charge in [-0.15, -0.1) is 28.0 Å². The van der Waals surface area contributed by atoms with Gasteiger partial charge in [-0.05, 0) is 25.3 Å². The van der Waals surface area contributed by atoms with Gasteiger partial charge in [0.1, 0.15) is 0 Å². The summed E-state index contributed by atoms with van der Waals surface area (Å²) < 4.78 is 6.28. The van der Waals surface area contributed by atoms with Gasteiger partial charge in [0.2, 0.25) is 0 Å². The first-order valence-electron chi connectivity index (χ1n) is 5.65. The van der Waals surface area contributed by atoms with Gasteiger partial charge in [0.25, 0.3) is 5.91 Å². The number of carbonyl (C=O) groups excluding carboxylic acids is 1. The maximum absolute atomic E-state index is 12.5. The van der Waals surface area contributed by atoms with Crippen molar-refractivity contribution in [2.45, 2.75) is 13.8 Å². The van der Waals surface area contributed by atoms with Crippen LogP contribution in [-0.4, -0.2) is 33.7 Å². The topological polar surface area (TPSA) is 57.0 Å². The molecule has 0 aliphatic heterocycles. The highest BCUT2D eigenvalue weighted by Crippen LogP contribution is 2.28. The Morgan fingerprint density at radius 2 is 2.32 bits per heavy atom. The van der Waals surface area contributed by atoms with E-state index in [0.717, 1.165) is 4.88 Å². The molecule has 5 nitrogen and oxygen atoms in total. The minimum absolute atomic E-state index is 0.169. The fourth-order valence-corrected chi connectivity index (χ4v) is 2.24. The van der Waals surface area contributed by atoms with Crippen LogP contribution in [0.3, 0.4) is 0 Å². The Hall–Kier alpha value is -1.40. The molecule has 0 saturated carbocycles. The lowest BCUT2D eigenvalue weighted by Crippen LogP contribution is -2.32. The third kappa shape index (κ3) is 2.64. The van der Waals surface area contributed by atoms with Gasteiger partial charge in [-0.2, -0.15) is 9.67 Å². The SMILES string of the molecule is COc1nc(-c2cccs2)n(C(=O)C(C)(C)CCl)n1. The molecule has 2 heterocycles. The van der Waals surface area contributed by atoms with E-state index in [1.54, 1.807) is 13.8 Å². The molecule has 7 heteroatoms. The van der Waals surface area contributed by atoms with E-state index in [1.807, 2.05) is 17.5 Å². The molecule has 2 rings (SSSR count). The van der Waals surface area contributed by atoms with Gasteiger partial charge < -0.3 is 4.74 Å². The van der Waals surface area contributed by atoms with Crippen molar-refractivity contribution in [2.75, 3.05) is 13.0 Å². The minimum atomic E-state index is -0.716. The number of methoxy groups -OCH3 is 1. The zero-order valence-electron chi connectivity index (χ0n) is 10.9. The molecule has 0 atom stereocenters. The Morgan fingerprint density at radius 1 is 1.58 bits per heavy atom. The van der Waals surface area contributed by atoms with Crippen molar-refractivity contribution in [1.29, 1.82) is 0 Å². The minimum Gasteiger partial charge on any atom is -0.466 e. The summed E-state index contributed by atoms with van der Waals surface area (Å²) in [4.78, 5) is 17.5. The molecular formula is C12H14ClN3O2S. The molecule has 0 unspecified atom stereocenters. The summed E-state index contributed by atoms with van der Waals surface area (Å²) in [5.74, 6) is 0.481. The number of aromatic nitrogens is 3. The van der Waals surface area contributed by atoms with Crippen LogP contribution in [0.25, 0.3) is 10.7 Å². The molecule has 0 aliphatic rings. The van der Waals surface area contributed by atoms with E-state index >= 15 is 0 Å². The van der Waals surface area contributed by atoms with Gasteiger partial charge in [-0.1, -0.05) is 6.07 Å². The number of thiophene rings is 1. The Morgan fingerprint density at radius 3 is 2.84 bits per heavy atom. The lowest BCUT2D eigenvalue weighted by Gasteiger charge is -2.19. The van der Waals surface area contributed by atoms with Crippen molar-refractivity contribution in [3.8, 4) is 16.7 Å². The van der Waals surface area contributed by atoms with E-state index < -0.39 is 5.41 Å². The largest absolute Gasteiger partial charge is 0.466 e. The summed E-state index contributed by atoms with van der Waals surface area (Å²) in [6, 6.07) is 3.94. The average molecular weight is 300 g/mol. The molecule has 0 N–H and O–H groups in total. The van der Waals surface area contributed by atoms with Crippen LogP contribution in [0.4, 0.5) is 0 Å². The molecule has 0 bridgehead atoms. The number of nitrogens with zero attached hydrogens (tertiary/aromatic N) is 3. The lowest BCUT2D eigenvalue weighted by atomic mass is 9.95. The van der Waals surface area contributed by atoms with Crippen LogP contribution >= 0.6 is 22.9 Å². The molecular weight excluding hydrogens is 286 g/mol. The monoisotopic (exact) mass is 299 g/mol. The number of hydrogen-bond acceptors (Lipinski definition) is 5. The fraction of sp³-hybridized carbons (Fsp3) is 0.417. The van der Waals surface area contributed by atoms with Crippen LogP contribution < -0.4 is 4.74 Å². The number of carbonyl (C=O) groups is 1. The van der Waals surface area contributed by atoms with Crippen LogP contribution in [0.5, 0.6) is 6.01 Å². The van der Waals surface area contributed by atoms with E-state index in [-0.39, 0.29) is 17.8 Å². The Bertz CT molecular complexity index is 578. The second kappa shape index (κ2) is 5.30. The fourth-order valence-electron chi connectivity index (χ4n) is 1.43. The zero-order valence-corrected chi connectivity index (χ0v) is 12.5. The van der Waals surface area contributed by atoms with Gasteiger partial charge in [-0.25, -0.2) is 0 Å². The lowest BCUT2D eigenvalue weighted by molar-refractivity contribution is 0.0753. The van der Waals surface area contributed by atoms with Gasteiger partial charge >= 0.3 is 6.01 Å². The molecule has 0 spiro atoms. The summed E-state index contributed by atoms with van der Waals surface area (Å²) in [6.07, 6.45) is 0. The molecule has 2 aromatic heterocycles. The van der Waals surface area contributed by atoms with Crippen LogP contribution in [0.15, 0.2) is 17.5 Å². The van der Waals surface area contributed by atoms with Crippen LogP contribution in [0.1, 0.15) is 18.6 Å². The van der Waals surface area contributed by atoms with E-state index in [1.165, 1.54) is 23.1 Å². The Kier molecular flexibility index (Phi) is 3.91. The quantitative estimate of drug-likeness (QED) is 0.815. The predicted octanol–water partition coefficient (Wildman–Crippen LogP) is 2.92. The standard InChI is InChI=1S/C12H14ClN3O2S/c1-12(2,7-13)10(17)16-9(8-5-4-6-19-8)14-11(15-16)18-3/h4-6H,7H2,1-3H3. The zero-order chi connectivity index (χ0) is 14.0. The molecule has 0 fully saturated rings. The third-order valence-corrected chi connectivity index (χ3v) is 4.15. The summed E-state index contributed by atoms with van der Waals surface area (Å²) in [6.45, 7) is 3.55. The smallest absolute Gasteiger partial charge is 0.336 e. The number of hydrogen-bond donors (Lipinski definition) is 0. The number of halogens is 1. The first-order valence-corrected chi connectivity index (χ1v) is 7.06. The van der Waals surface area contributed by atoms with E-state index in [4.69, 9.17) is 16.3 Å². The van der Waals surface area contributed by atoms with E-state index in [9.17, 15) is 4.79 Å². The van der Waals surface area contributed by atoms with Crippen molar-refractivity contribution in [3.05, 3.63) is 17.5 Å². The highest BCUT2D eigenvalue weighted by Gasteiger charge is 2.32. The Balaban J connectivity index is 2.51. The second-order valence-electron chi connectivity index (χ2n) is 4.63. The van der Waals surface area contributed by atoms with Gasteiger partial charge in [0.15, 0.2) is 5.82 Å². The molecule has 0 aromatic carbocycles. The van der Waals surface area contributed by atoms with E-state index in [0.29, 0.717) is 5.82 Å². The van der Waals surface area contributed by atoms with Gasteiger partial charge in [0, 0.05) is 5.88 Å². The van der Waals surface area contributed by atoms with Crippen molar-refractivity contribution < 1.29 is 9.53 Å². The molecule has 0 amide bonds. The first-order chi connectivity index (χ1) is 8.99. The number of rotatable bonds is 4. The number of alkyl halides is 1. The van der Waals surface area contributed by atoms with Gasteiger partial charge in [-0.3, -0.25) is 4.79 Å². The predicted molar refractivity (Wildman–Crippen MR) is 75.0 cm³/mol. The molecule has 0 radical (unpaired) electrons. The van der Waals surface area contributed by atoms with Crippen molar-refractivity contribution in [1.82, 2.24) is 14.8 Å². The molecule has 2 aromatic rings. The van der Waals surface area contributed by atoms with Crippen LogP contribution in [0, 0.1) is 5.41 Å². The molecule has 102 valence electrons. The Labute approximate surface area is 120 Å². The summed E-state index contributed by atoms with van der Waals surface area (Å²) in [7, 11) is 1.47. The normalized spacial score (nSPS) is 11.6. The molecule has 0 aliphatic carbocycles. The number of ether oxygens (including phenoxy) is 1. The molecule has 0 saturated heterocycles. The first kappa shape index (κ1) is 14.0. The maximum Gasteiger partial charge on any atom is 0.336 e. The van der Waals surface area contributed by atoms with Crippen molar-refractivity contribution in [2.24, 2.45) is 5.41 Å². The van der Waals surface area contributed by atoms with E-state index in [2.05, 4.69) is 10.1 Å². The summed E-state index contributed by atoms with van der Waals surface area (Å²) in [5.41, 5.74) is -0.716. The van der Waals surface area contributed by atoms with Crippen molar-refractivity contribution in [3.63, 3.8) is 0 Å². The third-order valence-electron chi connectivity index (χ3n) is 2.62. The average Bonchev–Trinajstić information content (AvgIpc) is 3.05. The second-order valence-corrected chi connectivity index (χ2v) is 5.85. The summed E-state index contributed by atoms with van der Waals surface area (Å²) in [5, 5.41) is 6.00. The highest BCUT2D eigenvalue weighted by molar-refractivity contribution is 7.13. The highest BCUT2D eigenvalue weighted by atomic mass is 35.5. The van der Waals surface area contributed by atoms with Crippen LogP contribution in [0.2, 0.25) is 0 Å². The van der Waals surface area contributed by atoms with Crippen molar-refractivity contribution >= 4 is 28.8 Å². The summed E-state index contributed by atoms with van der Waals surface area (Å²) >= 11 is 7.33. The van der Waals surface area contributed by atoms with Gasteiger partial charge in [0.05, 0.1) is 17.4 Å². The molecule has 19 heavy (non-hydrogen) atoms.